The van der Waals surface area contributed by atoms with Crippen LogP contribution in [0.1, 0.15) is 52.9 Å². The molecule has 0 bridgehead atoms. The monoisotopic (exact) mass is 320 g/mol. The molecule has 2 aliphatic heterocycles. The number of hydrogen-bond acceptors (Lipinski definition) is 3. The summed E-state index contributed by atoms with van der Waals surface area (Å²) in [4.78, 5) is 38.5. The van der Waals surface area contributed by atoms with Crippen molar-refractivity contribution >= 4 is 17.7 Å². The Kier molecular flexibility index (Phi) is 5.60. The summed E-state index contributed by atoms with van der Waals surface area (Å²) in [6.07, 6.45) is 6.70. The van der Waals surface area contributed by atoms with Gasteiger partial charge in [-0.3, -0.25) is 19.3 Å². The van der Waals surface area contributed by atoms with Gasteiger partial charge in [-0.15, -0.1) is 0 Å². The molecule has 23 heavy (non-hydrogen) atoms. The lowest BCUT2D eigenvalue weighted by molar-refractivity contribution is -0.136. The largest absolute Gasteiger partial charge is 0.342 e. The molecule has 3 amide bonds. The van der Waals surface area contributed by atoms with E-state index >= 15 is 0 Å². The smallest absolute Gasteiger partial charge is 0.253 e. The van der Waals surface area contributed by atoms with Crippen LogP contribution in [0.2, 0.25) is 0 Å². The van der Waals surface area contributed by atoms with Crippen molar-refractivity contribution in [3.05, 3.63) is 12.2 Å². The minimum atomic E-state index is -0.245. The van der Waals surface area contributed by atoms with Crippen molar-refractivity contribution in [2.24, 2.45) is 11.3 Å². The minimum absolute atomic E-state index is 0.207. The molecule has 0 spiro atoms. The Morgan fingerprint density at radius 3 is 2.39 bits per heavy atom. The molecule has 1 fully saturated rings. The number of rotatable bonds is 7. The van der Waals surface area contributed by atoms with Crippen molar-refractivity contribution < 1.29 is 14.4 Å². The van der Waals surface area contributed by atoms with E-state index in [0.717, 1.165) is 25.9 Å². The van der Waals surface area contributed by atoms with Gasteiger partial charge in [0.2, 0.25) is 5.91 Å². The molecule has 0 aromatic carbocycles. The number of nitrogens with zero attached hydrogens (tertiary/aromatic N) is 2. The van der Waals surface area contributed by atoms with Gasteiger partial charge in [-0.05, 0) is 37.0 Å². The Morgan fingerprint density at radius 1 is 1.22 bits per heavy atom. The Morgan fingerprint density at radius 2 is 1.87 bits per heavy atom. The summed E-state index contributed by atoms with van der Waals surface area (Å²) in [5, 5.41) is 0. The molecule has 128 valence electrons. The second kappa shape index (κ2) is 7.28. The summed E-state index contributed by atoms with van der Waals surface area (Å²) >= 11 is 0. The fourth-order valence-corrected chi connectivity index (χ4v) is 3.63. The van der Waals surface area contributed by atoms with Crippen LogP contribution < -0.4 is 0 Å². The van der Waals surface area contributed by atoms with Crippen LogP contribution in [0, 0.1) is 11.3 Å². The van der Waals surface area contributed by atoms with E-state index in [-0.39, 0.29) is 23.1 Å². The van der Waals surface area contributed by atoms with Crippen molar-refractivity contribution in [1.29, 1.82) is 0 Å². The summed E-state index contributed by atoms with van der Waals surface area (Å²) in [7, 11) is 0. The molecule has 0 aromatic rings. The van der Waals surface area contributed by atoms with Crippen molar-refractivity contribution in [2.45, 2.75) is 52.9 Å². The van der Waals surface area contributed by atoms with Crippen LogP contribution in [0.5, 0.6) is 0 Å². The first kappa shape index (κ1) is 17.7. The minimum Gasteiger partial charge on any atom is -0.342 e. The highest BCUT2D eigenvalue weighted by Gasteiger charge is 2.40. The van der Waals surface area contributed by atoms with E-state index in [4.69, 9.17) is 0 Å². The van der Waals surface area contributed by atoms with Crippen molar-refractivity contribution in [1.82, 2.24) is 9.80 Å². The summed E-state index contributed by atoms with van der Waals surface area (Å²) < 4.78 is 0. The molecule has 0 aromatic heterocycles. The number of carbonyl (C=O) groups is 3. The molecule has 0 aliphatic carbocycles. The van der Waals surface area contributed by atoms with Crippen LogP contribution in [-0.2, 0) is 14.4 Å². The van der Waals surface area contributed by atoms with E-state index in [1.54, 1.807) is 0 Å². The molecular formula is C18H28N2O3. The molecule has 0 radical (unpaired) electrons. The molecule has 2 rings (SSSR count). The lowest BCUT2D eigenvalue weighted by Gasteiger charge is -2.32. The molecule has 5 nitrogen and oxygen atoms in total. The first-order valence-electron chi connectivity index (χ1n) is 8.71. The van der Waals surface area contributed by atoms with Crippen LogP contribution in [0.4, 0.5) is 0 Å². The van der Waals surface area contributed by atoms with Crippen molar-refractivity contribution in [2.75, 3.05) is 19.6 Å². The summed E-state index contributed by atoms with van der Waals surface area (Å²) in [6, 6.07) is 0. The summed E-state index contributed by atoms with van der Waals surface area (Å²) in [5.41, 5.74) is 0.274. The topological polar surface area (TPSA) is 57.7 Å². The van der Waals surface area contributed by atoms with E-state index in [9.17, 15) is 14.4 Å². The molecule has 1 saturated heterocycles. The molecule has 2 aliphatic rings. The van der Waals surface area contributed by atoms with Crippen LogP contribution >= 0.6 is 0 Å². The van der Waals surface area contributed by atoms with Gasteiger partial charge >= 0.3 is 0 Å². The fourth-order valence-electron chi connectivity index (χ4n) is 3.63. The van der Waals surface area contributed by atoms with Gasteiger partial charge in [-0.1, -0.05) is 20.8 Å². The average molecular weight is 320 g/mol. The molecule has 2 heterocycles. The second-order valence-corrected chi connectivity index (χ2v) is 7.05. The third kappa shape index (κ3) is 3.82. The standard InChI is InChI=1S/C18H28N2O3/c1-4-18(14(2)3)10-12-19(13-18)15(21)7-5-6-11-20-16(22)8-9-17(20)23/h8-9,14H,4-7,10-13H2,1-3H3. The van der Waals surface area contributed by atoms with Gasteiger partial charge in [0, 0.05) is 38.2 Å². The van der Waals surface area contributed by atoms with E-state index < -0.39 is 0 Å². The molecule has 0 saturated carbocycles. The normalized spacial score (nSPS) is 24.3. The lowest BCUT2D eigenvalue weighted by atomic mass is 9.74. The fraction of sp³-hybridized carbons (Fsp3) is 0.722. The summed E-state index contributed by atoms with van der Waals surface area (Å²) in [6.45, 7) is 8.84. The number of imide groups is 1. The number of amides is 3. The van der Waals surface area contributed by atoms with Gasteiger partial charge in [-0.25, -0.2) is 0 Å². The third-order valence-corrected chi connectivity index (χ3v) is 5.59. The van der Waals surface area contributed by atoms with Gasteiger partial charge < -0.3 is 4.90 Å². The van der Waals surface area contributed by atoms with E-state index in [2.05, 4.69) is 20.8 Å². The molecular weight excluding hydrogens is 292 g/mol. The van der Waals surface area contributed by atoms with Gasteiger partial charge in [0.1, 0.15) is 0 Å². The molecule has 5 heteroatoms. The average Bonchev–Trinajstić information content (AvgIpc) is 3.10. The molecule has 1 unspecified atom stereocenters. The highest BCUT2D eigenvalue weighted by atomic mass is 16.2. The first-order valence-corrected chi connectivity index (χ1v) is 8.71. The van der Waals surface area contributed by atoms with Crippen LogP contribution in [-0.4, -0.2) is 47.2 Å². The zero-order valence-corrected chi connectivity index (χ0v) is 14.5. The van der Waals surface area contributed by atoms with Gasteiger partial charge in [-0.2, -0.15) is 0 Å². The quantitative estimate of drug-likeness (QED) is 0.534. The zero-order chi connectivity index (χ0) is 17.0. The molecule has 1 atom stereocenters. The maximum Gasteiger partial charge on any atom is 0.253 e. The van der Waals surface area contributed by atoms with E-state index in [0.29, 0.717) is 31.7 Å². The molecule has 0 N–H and O–H groups in total. The highest BCUT2D eigenvalue weighted by molar-refractivity contribution is 6.12. The number of unbranched alkanes of at least 4 members (excludes halogenated alkanes) is 1. The van der Waals surface area contributed by atoms with Gasteiger partial charge in [0.25, 0.3) is 11.8 Å². The third-order valence-electron chi connectivity index (χ3n) is 5.59. The van der Waals surface area contributed by atoms with E-state index in [1.165, 1.54) is 17.1 Å². The Balaban J connectivity index is 1.72. The summed E-state index contributed by atoms with van der Waals surface area (Å²) in [5.74, 6) is 0.305. The van der Waals surface area contributed by atoms with E-state index in [1.807, 2.05) is 4.90 Å². The van der Waals surface area contributed by atoms with Crippen molar-refractivity contribution in [3.63, 3.8) is 0 Å². The number of likely N-dealkylation sites (tertiary alicyclic amines) is 1. The Labute approximate surface area is 138 Å². The first-order chi connectivity index (χ1) is 10.9. The zero-order valence-electron chi connectivity index (χ0n) is 14.5. The van der Waals surface area contributed by atoms with Gasteiger partial charge in [0.05, 0.1) is 0 Å². The number of carbonyl (C=O) groups excluding carboxylic acids is 3. The maximum absolute atomic E-state index is 12.4. The van der Waals surface area contributed by atoms with Gasteiger partial charge in [0.15, 0.2) is 0 Å². The Bertz CT molecular complexity index is 494. The highest BCUT2D eigenvalue weighted by Crippen LogP contribution is 2.40. The van der Waals surface area contributed by atoms with Crippen LogP contribution in [0.25, 0.3) is 0 Å². The van der Waals surface area contributed by atoms with Crippen LogP contribution in [0.3, 0.4) is 0 Å². The SMILES string of the molecule is CCC1(C(C)C)CCN(C(=O)CCCCN2C(=O)C=CC2=O)C1. The van der Waals surface area contributed by atoms with Crippen molar-refractivity contribution in [3.8, 4) is 0 Å². The lowest BCUT2D eigenvalue weighted by Crippen LogP contribution is -2.34. The maximum atomic E-state index is 12.4. The second-order valence-electron chi connectivity index (χ2n) is 7.05. The number of hydrogen-bond donors (Lipinski definition) is 0. The Hall–Kier alpha value is -1.65. The van der Waals surface area contributed by atoms with Crippen LogP contribution in [0.15, 0.2) is 12.2 Å². The predicted molar refractivity (Wildman–Crippen MR) is 88.5 cm³/mol. The predicted octanol–water partition coefficient (Wildman–Crippen LogP) is 2.37.